The molecule has 182 valence electrons. The van der Waals surface area contributed by atoms with Crippen LogP contribution < -0.4 is 0 Å². The minimum atomic E-state index is -1.01. The van der Waals surface area contributed by atoms with Crippen LogP contribution in [0, 0.1) is 28.6 Å². The highest BCUT2D eigenvalue weighted by Crippen LogP contribution is 2.65. The van der Waals surface area contributed by atoms with Crippen molar-refractivity contribution in [1.82, 2.24) is 0 Å². The minimum Gasteiger partial charge on any atom is -0.472 e. The van der Waals surface area contributed by atoms with Crippen LogP contribution in [0.3, 0.4) is 0 Å². The van der Waals surface area contributed by atoms with E-state index in [-0.39, 0.29) is 24.1 Å². The molecule has 1 saturated heterocycles. The summed E-state index contributed by atoms with van der Waals surface area (Å²) < 4.78 is 27.7. The highest BCUT2D eigenvalue weighted by molar-refractivity contribution is 5.92. The zero-order valence-corrected chi connectivity index (χ0v) is 20.2. The first kappa shape index (κ1) is 24.0. The summed E-state index contributed by atoms with van der Waals surface area (Å²) in [7, 11) is 2.88. The first-order valence-corrected chi connectivity index (χ1v) is 11.5. The van der Waals surface area contributed by atoms with Gasteiger partial charge in [0.05, 0.1) is 31.5 Å². The number of carbonyl (C=O) groups is 3. The van der Waals surface area contributed by atoms with E-state index in [4.69, 9.17) is 23.4 Å². The second-order valence-corrected chi connectivity index (χ2v) is 10.6. The zero-order chi connectivity index (χ0) is 24.2. The molecule has 8 heteroatoms. The summed E-state index contributed by atoms with van der Waals surface area (Å²) in [6.07, 6.45) is 3.54. The molecule has 0 N–H and O–H groups in total. The molecule has 8 nitrogen and oxygen atoms in total. The van der Waals surface area contributed by atoms with Crippen molar-refractivity contribution in [1.29, 1.82) is 0 Å². The van der Waals surface area contributed by atoms with Gasteiger partial charge in [-0.3, -0.25) is 14.4 Å². The molecule has 1 aromatic heterocycles. The lowest BCUT2D eigenvalue weighted by Gasteiger charge is -2.61. The normalized spacial score (nSPS) is 38.8. The third kappa shape index (κ3) is 3.81. The van der Waals surface area contributed by atoms with Crippen LogP contribution in [0.1, 0.15) is 65.0 Å². The monoisotopic (exact) mass is 462 g/mol. The van der Waals surface area contributed by atoms with E-state index in [1.807, 2.05) is 13.8 Å². The van der Waals surface area contributed by atoms with Gasteiger partial charge in [0.15, 0.2) is 11.6 Å². The lowest BCUT2D eigenvalue weighted by atomic mass is 9.43. The fourth-order valence-corrected chi connectivity index (χ4v) is 6.65. The van der Waals surface area contributed by atoms with Crippen molar-refractivity contribution in [2.45, 2.75) is 71.4 Å². The van der Waals surface area contributed by atoms with Crippen LogP contribution in [-0.4, -0.2) is 43.8 Å². The highest BCUT2D eigenvalue weighted by Gasteiger charge is 2.67. The summed E-state index contributed by atoms with van der Waals surface area (Å²) >= 11 is 0. The van der Waals surface area contributed by atoms with Crippen molar-refractivity contribution < 1.29 is 37.7 Å². The number of hydrogen-bond acceptors (Lipinski definition) is 8. The molecule has 7 atom stereocenters. The molecule has 2 aliphatic carbocycles. The van der Waals surface area contributed by atoms with Gasteiger partial charge in [-0.15, -0.1) is 0 Å². The van der Waals surface area contributed by atoms with Crippen molar-refractivity contribution in [3.63, 3.8) is 0 Å². The minimum absolute atomic E-state index is 0.0874. The van der Waals surface area contributed by atoms with Crippen LogP contribution in [0.4, 0.5) is 0 Å². The van der Waals surface area contributed by atoms with E-state index in [2.05, 4.69) is 0 Å². The molecule has 3 aliphatic rings. The largest absolute Gasteiger partial charge is 0.472 e. The van der Waals surface area contributed by atoms with Crippen LogP contribution in [0.2, 0.25) is 0 Å². The Kier molecular flexibility index (Phi) is 5.98. The van der Waals surface area contributed by atoms with E-state index in [1.54, 1.807) is 32.4 Å². The summed E-state index contributed by atoms with van der Waals surface area (Å²) in [5, 5.41) is 0. The highest BCUT2D eigenvalue weighted by atomic mass is 16.7. The van der Waals surface area contributed by atoms with Crippen LogP contribution in [-0.2, 0) is 33.3 Å². The van der Waals surface area contributed by atoms with E-state index < -0.39 is 46.6 Å². The quantitative estimate of drug-likeness (QED) is 0.481. The third-order valence-electron chi connectivity index (χ3n) is 8.42. The van der Waals surface area contributed by atoms with Gasteiger partial charge in [0.25, 0.3) is 0 Å². The molecular weight excluding hydrogens is 428 g/mol. The molecule has 0 bridgehead atoms. The fourth-order valence-electron chi connectivity index (χ4n) is 6.65. The summed E-state index contributed by atoms with van der Waals surface area (Å²) in [6, 6.07) is 1.77. The number of rotatable bonds is 5. The molecule has 7 unspecified atom stereocenters. The molecule has 33 heavy (non-hydrogen) atoms. The number of fused-ring (bicyclic) bond motifs is 3. The van der Waals surface area contributed by atoms with Gasteiger partial charge in [0, 0.05) is 18.6 Å². The molecule has 2 heterocycles. The number of furan rings is 1. The molecule has 3 fully saturated rings. The Morgan fingerprint density at radius 1 is 1.18 bits per heavy atom. The van der Waals surface area contributed by atoms with Crippen molar-refractivity contribution >= 4 is 17.7 Å². The van der Waals surface area contributed by atoms with E-state index in [9.17, 15) is 14.4 Å². The Balaban J connectivity index is 1.78. The van der Waals surface area contributed by atoms with Crippen molar-refractivity contribution in [2.24, 2.45) is 28.6 Å². The molecule has 0 spiro atoms. The standard InChI is InChI=1S/C25H34O8/c1-23(2,30-6)33-17-11-16(21(27)29-5)24(3)9-7-15-22(28)32-18(14-8-10-31-13-14)12-25(15,4)20(24)19(17)26/h8,10,13,15-18,20H,7,9,11-12H2,1-6H3. The number of Topliss-reactive ketones (excluding diaryl/α,β-unsaturated/α-hetero) is 1. The van der Waals surface area contributed by atoms with Gasteiger partial charge in [0.2, 0.25) is 0 Å². The molecule has 1 aromatic rings. The van der Waals surface area contributed by atoms with Gasteiger partial charge in [-0.25, -0.2) is 0 Å². The number of ether oxygens (including phenoxy) is 4. The van der Waals surface area contributed by atoms with Crippen LogP contribution in [0.5, 0.6) is 0 Å². The Morgan fingerprint density at radius 3 is 2.52 bits per heavy atom. The molecule has 1 aliphatic heterocycles. The second kappa shape index (κ2) is 8.24. The van der Waals surface area contributed by atoms with Gasteiger partial charge in [-0.2, -0.15) is 0 Å². The lowest BCUT2D eigenvalue weighted by Crippen LogP contribution is -2.65. The average molecular weight is 463 g/mol. The van der Waals surface area contributed by atoms with Crippen molar-refractivity contribution in [2.75, 3.05) is 14.2 Å². The molecule has 0 aromatic carbocycles. The second-order valence-electron chi connectivity index (χ2n) is 10.6. The van der Waals surface area contributed by atoms with Crippen molar-refractivity contribution in [3.05, 3.63) is 24.2 Å². The van der Waals surface area contributed by atoms with Gasteiger partial charge in [0.1, 0.15) is 12.2 Å². The van der Waals surface area contributed by atoms with Gasteiger partial charge >= 0.3 is 11.9 Å². The van der Waals surface area contributed by atoms with Gasteiger partial charge in [-0.05, 0) is 56.4 Å². The van der Waals surface area contributed by atoms with E-state index in [1.165, 1.54) is 14.2 Å². The Labute approximate surface area is 194 Å². The smallest absolute Gasteiger partial charge is 0.310 e. The Bertz CT molecular complexity index is 921. The average Bonchev–Trinajstić information content (AvgIpc) is 3.29. The lowest BCUT2D eigenvalue weighted by molar-refractivity contribution is -0.247. The molecule has 0 radical (unpaired) electrons. The third-order valence-corrected chi connectivity index (χ3v) is 8.42. The zero-order valence-electron chi connectivity index (χ0n) is 20.2. The topological polar surface area (TPSA) is 101 Å². The predicted molar refractivity (Wildman–Crippen MR) is 116 cm³/mol. The Hall–Kier alpha value is -2.19. The summed E-state index contributed by atoms with van der Waals surface area (Å²) in [4.78, 5) is 40.2. The summed E-state index contributed by atoms with van der Waals surface area (Å²) in [6.45, 7) is 7.45. The SMILES string of the molecule is COC(=O)C1CC(OC(C)(C)OC)C(=O)C2C1(C)CCC1C(=O)OC(c3ccoc3)CC12C. The molecular formula is C25H34O8. The van der Waals surface area contributed by atoms with Crippen LogP contribution in [0.15, 0.2) is 23.0 Å². The molecule has 4 rings (SSSR count). The fraction of sp³-hybridized carbons (Fsp3) is 0.720. The first-order chi connectivity index (χ1) is 15.5. The van der Waals surface area contributed by atoms with Crippen LogP contribution >= 0.6 is 0 Å². The summed E-state index contributed by atoms with van der Waals surface area (Å²) in [5.41, 5.74) is -0.616. The number of carbonyl (C=O) groups excluding carboxylic acids is 3. The van der Waals surface area contributed by atoms with E-state index in [0.717, 1.165) is 5.56 Å². The van der Waals surface area contributed by atoms with E-state index in [0.29, 0.717) is 19.3 Å². The Morgan fingerprint density at radius 2 is 1.91 bits per heavy atom. The number of cyclic esters (lactones) is 1. The number of esters is 2. The first-order valence-electron chi connectivity index (χ1n) is 11.5. The predicted octanol–water partition coefficient (Wildman–Crippen LogP) is 3.84. The summed E-state index contributed by atoms with van der Waals surface area (Å²) in [5.74, 6) is -3.31. The molecule has 0 amide bonds. The maximum atomic E-state index is 14.1. The van der Waals surface area contributed by atoms with Crippen LogP contribution in [0.25, 0.3) is 0 Å². The maximum absolute atomic E-state index is 14.1. The van der Waals surface area contributed by atoms with Gasteiger partial charge < -0.3 is 23.4 Å². The van der Waals surface area contributed by atoms with Crippen molar-refractivity contribution in [3.8, 4) is 0 Å². The number of methoxy groups -OCH3 is 2. The number of ketones is 1. The molecule has 2 saturated carbocycles. The number of hydrogen-bond donors (Lipinski definition) is 0. The van der Waals surface area contributed by atoms with E-state index >= 15 is 0 Å². The maximum Gasteiger partial charge on any atom is 0.310 e. The van der Waals surface area contributed by atoms with Gasteiger partial charge in [-0.1, -0.05) is 13.8 Å².